The standard InChI is InChI=1S/C9H13F2NO/c1-6(2)5-7(13)12-9(3-4-9)8(10)11/h5,8H,3-4H2,1-2H3,(H,12,13). The van der Waals surface area contributed by atoms with Crippen LogP contribution in [0.5, 0.6) is 0 Å². The minimum atomic E-state index is -2.46. The number of alkyl halides is 2. The quantitative estimate of drug-likeness (QED) is 0.674. The molecule has 0 bridgehead atoms. The van der Waals surface area contributed by atoms with Crippen molar-refractivity contribution in [2.45, 2.75) is 38.7 Å². The van der Waals surface area contributed by atoms with Gasteiger partial charge in [0.2, 0.25) is 5.91 Å². The predicted octanol–water partition coefficient (Wildman–Crippen LogP) is 1.87. The van der Waals surface area contributed by atoms with Crippen LogP contribution in [0.15, 0.2) is 11.6 Å². The molecule has 0 atom stereocenters. The van der Waals surface area contributed by atoms with Crippen molar-refractivity contribution in [2.24, 2.45) is 0 Å². The zero-order chi connectivity index (χ0) is 10.1. The maximum Gasteiger partial charge on any atom is 0.261 e. The van der Waals surface area contributed by atoms with Crippen LogP contribution in [-0.4, -0.2) is 17.9 Å². The molecular weight excluding hydrogens is 176 g/mol. The van der Waals surface area contributed by atoms with Gasteiger partial charge in [0.25, 0.3) is 6.43 Å². The van der Waals surface area contributed by atoms with E-state index >= 15 is 0 Å². The van der Waals surface area contributed by atoms with E-state index in [9.17, 15) is 13.6 Å². The van der Waals surface area contributed by atoms with Crippen molar-refractivity contribution >= 4 is 5.91 Å². The van der Waals surface area contributed by atoms with Crippen LogP contribution >= 0.6 is 0 Å². The Morgan fingerprint density at radius 3 is 2.31 bits per heavy atom. The molecule has 1 aliphatic carbocycles. The number of hydrogen-bond donors (Lipinski definition) is 1. The Labute approximate surface area is 76.0 Å². The monoisotopic (exact) mass is 189 g/mol. The topological polar surface area (TPSA) is 29.1 Å². The molecule has 1 fully saturated rings. The molecule has 0 unspecified atom stereocenters. The molecule has 0 aromatic heterocycles. The van der Waals surface area contributed by atoms with E-state index in [1.807, 2.05) is 0 Å². The van der Waals surface area contributed by atoms with Crippen LogP contribution < -0.4 is 5.32 Å². The summed E-state index contributed by atoms with van der Waals surface area (Å²) in [6.07, 6.45) is -0.357. The summed E-state index contributed by atoms with van der Waals surface area (Å²) in [5.41, 5.74) is -0.411. The molecule has 1 aliphatic rings. The van der Waals surface area contributed by atoms with E-state index in [4.69, 9.17) is 0 Å². The second-order valence-electron chi connectivity index (χ2n) is 3.67. The van der Waals surface area contributed by atoms with Gasteiger partial charge in [0.15, 0.2) is 0 Å². The van der Waals surface area contributed by atoms with Crippen molar-refractivity contribution in [1.82, 2.24) is 5.32 Å². The number of rotatable bonds is 3. The molecular formula is C9H13F2NO. The first kappa shape index (κ1) is 10.2. The average molecular weight is 189 g/mol. The molecule has 1 saturated carbocycles. The smallest absolute Gasteiger partial charge is 0.261 e. The van der Waals surface area contributed by atoms with Crippen LogP contribution in [0.3, 0.4) is 0 Å². The molecule has 0 aromatic rings. The number of amides is 1. The van der Waals surface area contributed by atoms with Gasteiger partial charge in [-0.3, -0.25) is 4.79 Å². The summed E-state index contributed by atoms with van der Waals surface area (Å²) in [6, 6.07) is 0. The predicted molar refractivity (Wildman–Crippen MR) is 45.5 cm³/mol. The Hall–Kier alpha value is -0.930. The molecule has 0 radical (unpaired) electrons. The maximum absolute atomic E-state index is 12.3. The summed E-state index contributed by atoms with van der Waals surface area (Å²) < 4.78 is 24.7. The van der Waals surface area contributed by atoms with Crippen LogP contribution in [0.1, 0.15) is 26.7 Å². The van der Waals surface area contributed by atoms with Crippen molar-refractivity contribution in [3.05, 3.63) is 11.6 Å². The van der Waals surface area contributed by atoms with E-state index in [1.165, 1.54) is 6.08 Å². The first-order chi connectivity index (χ1) is 5.96. The molecule has 0 aliphatic heterocycles. The van der Waals surface area contributed by atoms with Crippen molar-refractivity contribution in [1.29, 1.82) is 0 Å². The Morgan fingerprint density at radius 2 is 2.00 bits per heavy atom. The highest BCUT2D eigenvalue weighted by atomic mass is 19.3. The second kappa shape index (κ2) is 3.44. The molecule has 1 amide bonds. The highest BCUT2D eigenvalue weighted by Gasteiger charge is 2.52. The molecule has 0 heterocycles. The van der Waals surface area contributed by atoms with E-state index in [2.05, 4.69) is 5.32 Å². The van der Waals surface area contributed by atoms with Crippen molar-refractivity contribution in [3.63, 3.8) is 0 Å². The summed E-state index contributed by atoms with van der Waals surface area (Å²) in [7, 11) is 0. The fraction of sp³-hybridized carbons (Fsp3) is 0.667. The van der Waals surface area contributed by atoms with Gasteiger partial charge in [0.1, 0.15) is 5.54 Å². The maximum atomic E-state index is 12.3. The molecule has 13 heavy (non-hydrogen) atoms. The second-order valence-corrected chi connectivity index (χ2v) is 3.67. The van der Waals surface area contributed by atoms with E-state index in [0.717, 1.165) is 5.57 Å². The molecule has 1 N–H and O–H groups in total. The van der Waals surface area contributed by atoms with Crippen molar-refractivity contribution in [3.8, 4) is 0 Å². The molecule has 2 nitrogen and oxygen atoms in total. The highest BCUT2D eigenvalue weighted by Crippen LogP contribution is 2.40. The van der Waals surface area contributed by atoms with Gasteiger partial charge in [0, 0.05) is 6.08 Å². The SMILES string of the molecule is CC(C)=CC(=O)NC1(C(F)F)CC1. The first-order valence-electron chi connectivity index (χ1n) is 4.21. The Morgan fingerprint density at radius 1 is 1.46 bits per heavy atom. The van der Waals surface area contributed by atoms with E-state index in [-0.39, 0.29) is 0 Å². The largest absolute Gasteiger partial charge is 0.341 e. The van der Waals surface area contributed by atoms with Crippen molar-refractivity contribution in [2.75, 3.05) is 0 Å². The number of carbonyl (C=O) groups excluding carboxylic acids is 1. The third-order valence-corrected chi connectivity index (χ3v) is 2.00. The van der Waals surface area contributed by atoms with Crippen LogP contribution in [0.2, 0.25) is 0 Å². The summed E-state index contributed by atoms with van der Waals surface area (Å²) in [5.74, 6) is -0.419. The Kier molecular flexibility index (Phi) is 2.68. The lowest BCUT2D eigenvalue weighted by molar-refractivity contribution is -0.118. The summed E-state index contributed by atoms with van der Waals surface area (Å²) in [4.78, 5) is 11.1. The first-order valence-corrected chi connectivity index (χ1v) is 4.21. The van der Waals surface area contributed by atoms with Gasteiger partial charge in [-0.2, -0.15) is 0 Å². The number of allylic oxidation sites excluding steroid dienone is 1. The minimum absolute atomic E-state index is 0.382. The van der Waals surface area contributed by atoms with Crippen LogP contribution in [0.4, 0.5) is 8.78 Å². The lowest BCUT2D eigenvalue weighted by Gasteiger charge is -2.14. The Balaban J connectivity index is 2.50. The molecule has 74 valence electrons. The molecule has 0 spiro atoms. The van der Waals surface area contributed by atoms with Gasteiger partial charge in [0.05, 0.1) is 0 Å². The Bertz CT molecular complexity index is 240. The van der Waals surface area contributed by atoms with E-state index in [1.54, 1.807) is 13.8 Å². The zero-order valence-corrected chi connectivity index (χ0v) is 7.73. The molecule has 4 heteroatoms. The fourth-order valence-corrected chi connectivity index (χ4v) is 1.08. The molecule has 0 aromatic carbocycles. The van der Waals surface area contributed by atoms with Gasteiger partial charge in [-0.05, 0) is 26.7 Å². The summed E-state index contributed by atoms with van der Waals surface area (Å²) in [5, 5.41) is 2.33. The number of halogens is 2. The lowest BCUT2D eigenvalue weighted by Crippen LogP contribution is -2.41. The molecule has 1 rings (SSSR count). The van der Waals surface area contributed by atoms with Gasteiger partial charge in [-0.15, -0.1) is 0 Å². The number of carbonyl (C=O) groups is 1. The normalized spacial score (nSPS) is 18.2. The average Bonchev–Trinajstić information content (AvgIpc) is 2.66. The minimum Gasteiger partial charge on any atom is -0.341 e. The third-order valence-electron chi connectivity index (χ3n) is 2.00. The zero-order valence-electron chi connectivity index (χ0n) is 7.73. The van der Waals surface area contributed by atoms with E-state index in [0.29, 0.717) is 12.8 Å². The number of nitrogens with one attached hydrogen (secondary N) is 1. The van der Waals surface area contributed by atoms with Gasteiger partial charge >= 0.3 is 0 Å². The highest BCUT2D eigenvalue weighted by molar-refractivity contribution is 5.89. The fourth-order valence-electron chi connectivity index (χ4n) is 1.08. The third kappa shape index (κ3) is 2.50. The summed E-state index contributed by atoms with van der Waals surface area (Å²) in [6.45, 7) is 3.50. The summed E-state index contributed by atoms with van der Waals surface area (Å²) >= 11 is 0. The van der Waals surface area contributed by atoms with E-state index < -0.39 is 17.9 Å². The number of hydrogen-bond acceptors (Lipinski definition) is 1. The van der Waals surface area contributed by atoms with Gasteiger partial charge in [-0.25, -0.2) is 8.78 Å². The van der Waals surface area contributed by atoms with Crippen LogP contribution in [-0.2, 0) is 4.79 Å². The van der Waals surface area contributed by atoms with Gasteiger partial charge in [-0.1, -0.05) is 5.57 Å². The van der Waals surface area contributed by atoms with Crippen molar-refractivity contribution < 1.29 is 13.6 Å². The van der Waals surface area contributed by atoms with Crippen LogP contribution in [0.25, 0.3) is 0 Å². The molecule has 0 saturated heterocycles. The van der Waals surface area contributed by atoms with Crippen LogP contribution in [0, 0.1) is 0 Å². The lowest BCUT2D eigenvalue weighted by atomic mass is 10.2. The van der Waals surface area contributed by atoms with Gasteiger partial charge < -0.3 is 5.32 Å².